The number of piperidine rings is 1. The van der Waals surface area contributed by atoms with E-state index in [2.05, 4.69) is 15.6 Å². The lowest BCUT2D eigenvalue weighted by Crippen LogP contribution is -2.46. The van der Waals surface area contributed by atoms with Gasteiger partial charge in [0.15, 0.2) is 5.13 Å². The van der Waals surface area contributed by atoms with Crippen molar-refractivity contribution in [2.45, 2.75) is 12.8 Å². The SMILES string of the molecule is Cl.NCCNC(=O)C1CCCN(CC(=O)Nc2nc3ccccc3s2)C1. The number of para-hydroxylation sites is 1. The van der Waals surface area contributed by atoms with Crippen molar-refractivity contribution in [2.75, 3.05) is 38.0 Å². The molecule has 3 rings (SSSR count). The van der Waals surface area contributed by atoms with Gasteiger partial charge < -0.3 is 16.4 Å². The third kappa shape index (κ3) is 5.38. The van der Waals surface area contributed by atoms with Crippen LogP contribution in [0.25, 0.3) is 10.2 Å². The van der Waals surface area contributed by atoms with E-state index in [1.165, 1.54) is 11.3 Å². The Balaban J connectivity index is 0.00000243. The number of nitrogens with one attached hydrogen (secondary N) is 2. The number of hydrogen-bond acceptors (Lipinski definition) is 6. The van der Waals surface area contributed by atoms with Gasteiger partial charge in [0, 0.05) is 19.6 Å². The van der Waals surface area contributed by atoms with Gasteiger partial charge in [-0.3, -0.25) is 14.5 Å². The molecule has 1 aliphatic heterocycles. The molecule has 4 N–H and O–H groups in total. The molecule has 0 saturated carbocycles. The number of nitrogens with zero attached hydrogens (tertiary/aromatic N) is 2. The fraction of sp³-hybridized carbons (Fsp3) is 0.471. The maximum Gasteiger partial charge on any atom is 0.240 e. The number of rotatable bonds is 6. The predicted octanol–water partition coefficient (Wildman–Crippen LogP) is 1.44. The largest absolute Gasteiger partial charge is 0.355 e. The van der Waals surface area contributed by atoms with Gasteiger partial charge in [-0.05, 0) is 31.5 Å². The lowest BCUT2D eigenvalue weighted by Gasteiger charge is -2.31. The molecule has 142 valence electrons. The van der Waals surface area contributed by atoms with Gasteiger partial charge in [0.05, 0.1) is 22.7 Å². The molecule has 2 aromatic rings. The molecule has 0 radical (unpaired) electrons. The van der Waals surface area contributed by atoms with E-state index in [4.69, 9.17) is 5.73 Å². The zero-order chi connectivity index (χ0) is 17.6. The lowest BCUT2D eigenvalue weighted by molar-refractivity contribution is -0.127. The Bertz CT molecular complexity index is 721. The molecule has 0 aliphatic carbocycles. The number of nitrogens with two attached hydrogens (primary N) is 1. The minimum Gasteiger partial charge on any atom is -0.355 e. The number of halogens is 1. The average molecular weight is 398 g/mol. The van der Waals surface area contributed by atoms with Gasteiger partial charge in [-0.1, -0.05) is 23.5 Å². The highest BCUT2D eigenvalue weighted by atomic mass is 35.5. The number of likely N-dealkylation sites (tertiary alicyclic amines) is 1. The van der Waals surface area contributed by atoms with Crippen molar-refractivity contribution in [2.24, 2.45) is 11.7 Å². The van der Waals surface area contributed by atoms with Crippen LogP contribution in [0.2, 0.25) is 0 Å². The minimum absolute atomic E-state index is 0. The fourth-order valence-corrected chi connectivity index (χ4v) is 3.92. The van der Waals surface area contributed by atoms with Gasteiger partial charge in [0.1, 0.15) is 0 Å². The smallest absolute Gasteiger partial charge is 0.240 e. The molecule has 1 saturated heterocycles. The van der Waals surface area contributed by atoms with E-state index in [1.807, 2.05) is 29.2 Å². The van der Waals surface area contributed by atoms with Crippen molar-refractivity contribution in [3.05, 3.63) is 24.3 Å². The van der Waals surface area contributed by atoms with Crippen molar-refractivity contribution in [1.29, 1.82) is 0 Å². The summed E-state index contributed by atoms with van der Waals surface area (Å²) in [6.07, 6.45) is 1.77. The fourth-order valence-electron chi connectivity index (χ4n) is 3.04. The molecular formula is C17H24ClN5O2S. The number of fused-ring (bicyclic) bond motifs is 1. The summed E-state index contributed by atoms with van der Waals surface area (Å²) < 4.78 is 1.05. The van der Waals surface area contributed by atoms with Gasteiger partial charge in [-0.15, -0.1) is 12.4 Å². The first kappa shape index (κ1) is 20.6. The van der Waals surface area contributed by atoms with Gasteiger partial charge in [-0.2, -0.15) is 0 Å². The molecule has 1 aromatic heterocycles. The van der Waals surface area contributed by atoms with Crippen molar-refractivity contribution in [1.82, 2.24) is 15.2 Å². The van der Waals surface area contributed by atoms with Crippen molar-refractivity contribution in [3.8, 4) is 0 Å². The molecule has 1 unspecified atom stereocenters. The molecule has 1 aromatic carbocycles. The molecular weight excluding hydrogens is 374 g/mol. The number of hydrogen-bond donors (Lipinski definition) is 3. The Labute approximate surface area is 162 Å². The molecule has 1 aliphatic rings. The number of aromatic nitrogens is 1. The molecule has 2 heterocycles. The van der Waals surface area contributed by atoms with E-state index in [9.17, 15) is 9.59 Å². The number of amides is 2. The molecule has 2 amide bonds. The van der Waals surface area contributed by atoms with Gasteiger partial charge in [0.25, 0.3) is 0 Å². The van der Waals surface area contributed by atoms with Crippen LogP contribution < -0.4 is 16.4 Å². The second-order valence-electron chi connectivity index (χ2n) is 6.19. The second kappa shape index (κ2) is 9.82. The molecule has 1 fully saturated rings. The van der Waals surface area contributed by atoms with Crippen LogP contribution in [0.4, 0.5) is 5.13 Å². The zero-order valence-electron chi connectivity index (χ0n) is 14.4. The Morgan fingerprint density at radius 3 is 2.92 bits per heavy atom. The van der Waals surface area contributed by atoms with Crippen LogP contribution in [-0.2, 0) is 9.59 Å². The zero-order valence-corrected chi connectivity index (χ0v) is 16.1. The van der Waals surface area contributed by atoms with E-state index in [0.717, 1.165) is 29.6 Å². The third-order valence-electron chi connectivity index (χ3n) is 4.23. The predicted molar refractivity (Wildman–Crippen MR) is 107 cm³/mol. The van der Waals surface area contributed by atoms with E-state index in [-0.39, 0.29) is 36.7 Å². The van der Waals surface area contributed by atoms with E-state index >= 15 is 0 Å². The second-order valence-corrected chi connectivity index (χ2v) is 7.22. The van der Waals surface area contributed by atoms with Crippen molar-refractivity contribution >= 4 is 50.9 Å². The van der Waals surface area contributed by atoms with Crippen molar-refractivity contribution in [3.63, 3.8) is 0 Å². The standard InChI is InChI=1S/C17H23N5O2S.ClH/c18-7-8-19-16(24)12-4-3-9-22(10-12)11-15(23)21-17-20-13-5-1-2-6-14(13)25-17;/h1-2,5-6,12H,3-4,7-11,18H2,(H,19,24)(H,20,21,23);1H. The highest BCUT2D eigenvalue weighted by molar-refractivity contribution is 7.22. The minimum atomic E-state index is -0.0953. The van der Waals surface area contributed by atoms with Crippen LogP contribution in [0.1, 0.15) is 12.8 Å². The number of benzene rings is 1. The Morgan fingerprint density at radius 2 is 2.15 bits per heavy atom. The van der Waals surface area contributed by atoms with Gasteiger partial charge >= 0.3 is 0 Å². The third-order valence-corrected chi connectivity index (χ3v) is 5.18. The average Bonchev–Trinajstić information content (AvgIpc) is 3.01. The Kier molecular flexibility index (Phi) is 7.77. The highest BCUT2D eigenvalue weighted by Gasteiger charge is 2.26. The maximum atomic E-state index is 12.3. The number of carbonyl (C=O) groups excluding carboxylic acids is 2. The Hall–Kier alpha value is -1.74. The van der Waals surface area contributed by atoms with Crippen molar-refractivity contribution < 1.29 is 9.59 Å². The number of anilines is 1. The van der Waals surface area contributed by atoms with Gasteiger partial charge in [0.2, 0.25) is 11.8 Å². The molecule has 1 atom stereocenters. The van der Waals surface area contributed by atoms with Crippen LogP contribution in [0.15, 0.2) is 24.3 Å². The van der Waals surface area contributed by atoms with Crippen LogP contribution in [0.3, 0.4) is 0 Å². The van der Waals surface area contributed by atoms with E-state index in [0.29, 0.717) is 24.8 Å². The summed E-state index contributed by atoms with van der Waals surface area (Å²) in [6.45, 7) is 2.63. The molecule has 0 spiro atoms. The normalized spacial score (nSPS) is 17.5. The quantitative estimate of drug-likeness (QED) is 0.684. The summed E-state index contributed by atoms with van der Waals surface area (Å²) in [4.78, 5) is 30.8. The van der Waals surface area contributed by atoms with Crippen LogP contribution >= 0.6 is 23.7 Å². The number of thiazole rings is 1. The summed E-state index contributed by atoms with van der Waals surface area (Å²) in [5.74, 6) is -0.139. The molecule has 0 bridgehead atoms. The summed E-state index contributed by atoms with van der Waals surface area (Å²) in [7, 11) is 0. The summed E-state index contributed by atoms with van der Waals surface area (Å²) in [5, 5.41) is 6.31. The monoisotopic (exact) mass is 397 g/mol. The molecule has 9 heteroatoms. The first-order chi connectivity index (χ1) is 12.2. The first-order valence-corrected chi connectivity index (χ1v) is 9.33. The van der Waals surface area contributed by atoms with E-state index < -0.39 is 0 Å². The topological polar surface area (TPSA) is 100 Å². The first-order valence-electron chi connectivity index (χ1n) is 8.51. The highest BCUT2D eigenvalue weighted by Crippen LogP contribution is 2.25. The van der Waals surface area contributed by atoms with E-state index in [1.54, 1.807) is 0 Å². The molecule has 26 heavy (non-hydrogen) atoms. The molecule has 7 nitrogen and oxygen atoms in total. The number of carbonyl (C=O) groups is 2. The van der Waals surface area contributed by atoms with Crippen LogP contribution in [0.5, 0.6) is 0 Å². The van der Waals surface area contributed by atoms with Gasteiger partial charge in [-0.25, -0.2) is 4.98 Å². The summed E-state index contributed by atoms with van der Waals surface area (Å²) in [5.41, 5.74) is 6.30. The van der Waals surface area contributed by atoms with Crippen LogP contribution in [0, 0.1) is 5.92 Å². The maximum absolute atomic E-state index is 12.3. The summed E-state index contributed by atoms with van der Waals surface area (Å²) >= 11 is 1.46. The summed E-state index contributed by atoms with van der Waals surface area (Å²) in [6, 6.07) is 7.79. The lowest BCUT2D eigenvalue weighted by atomic mass is 9.97. The Morgan fingerprint density at radius 1 is 1.35 bits per heavy atom. The van der Waals surface area contributed by atoms with Crippen LogP contribution in [-0.4, -0.2) is 54.4 Å².